The quantitative estimate of drug-likeness (QED) is 0.690. The smallest absolute Gasteiger partial charge is 0.221 e. The molecule has 28 heavy (non-hydrogen) atoms. The van der Waals surface area contributed by atoms with E-state index in [4.69, 9.17) is 10.5 Å². The van der Waals surface area contributed by atoms with Crippen LogP contribution in [0.2, 0.25) is 0 Å². The van der Waals surface area contributed by atoms with Crippen LogP contribution in [0.5, 0.6) is 5.75 Å². The van der Waals surface area contributed by atoms with Gasteiger partial charge in [0.15, 0.2) is 5.82 Å². The zero-order valence-corrected chi connectivity index (χ0v) is 15.7. The molecule has 6 heteroatoms. The largest absolute Gasteiger partial charge is 0.496 e. The van der Waals surface area contributed by atoms with Gasteiger partial charge in [-0.3, -0.25) is 4.79 Å². The third-order valence-electron chi connectivity index (χ3n) is 4.97. The summed E-state index contributed by atoms with van der Waals surface area (Å²) in [6.07, 6.45) is 3.21. The standard InChI is InChI=1S/C22H22N4O2/c1-28-19-11-3-2-8-18(19)21-16-9-5-10-17(16)22(26-25-21)24-15-7-4-6-14(12-15)13-20(23)27/h2-4,6-8,11-12H,5,9-10,13H2,1H3,(H2,23,27)(H,24,26). The van der Waals surface area contributed by atoms with Gasteiger partial charge in [0, 0.05) is 16.8 Å². The van der Waals surface area contributed by atoms with E-state index in [1.807, 2.05) is 48.5 Å². The first-order chi connectivity index (χ1) is 13.7. The van der Waals surface area contributed by atoms with Crippen molar-refractivity contribution in [2.45, 2.75) is 25.7 Å². The Hall–Kier alpha value is -3.41. The molecular weight excluding hydrogens is 352 g/mol. The molecule has 0 unspecified atom stereocenters. The monoisotopic (exact) mass is 374 g/mol. The number of fused-ring (bicyclic) bond motifs is 1. The average molecular weight is 374 g/mol. The maximum absolute atomic E-state index is 11.2. The van der Waals surface area contributed by atoms with Crippen LogP contribution in [-0.2, 0) is 24.1 Å². The summed E-state index contributed by atoms with van der Waals surface area (Å²) >= 11 is 0. The number of nitrogens with two attached hydrogens (primary N) is 1. The highest BCUT2D eigenvalue weighted by atomic mass is 16.5. The van der Waals surface area contributed by atoms with Crippen molar-refractivity contribution in [3.63, 3.8) is 0 Å². The Morgan fingerprint density at radius 3 is 2.75 bits per heavy atom. The molecule has 0 aliphatic heterocycles. The van der Waals surface area contributed by atoms with Gasteiger partial charge in [0.1, 0.15) is 11.4 Å². The number of amides is 1. The second-order valence-electron chi connectivity index (χ2n) is 6.88. The molecule has 0 bridgehead atoms. The molecule has 0 spiro atoms. The summed E-state index contributed by atoms with van der Waals surface area (Å²) < 4.78 is 5.51. The first-order valence-corrected chi connectivity index (χ1v) is 9.32. The van der Waals surface area contributed by atoms with E-state index in [9.17, 15) is 4.79 Å². The van der Waals surface area contributed by atoms with E-state index in [1.54, 1.807) is 7.11 Å². The van der Waals surface area contributed by atoms with Gasteiger partial charge in [-0.25, -0.2) is 0 Å². The number of hydrogen-bond acceptors (Lipinski definition) is 5. The maximum Gasteiger partial charge on any atom is 0.221 e. The topological polar surface area (TPSA) is 90.1 Å². The van der Waals surface area contributed by atoms with Crippen LogP contribution in [0.25, 0.3) is 11.3 Å². The number of nitrogens with one attached hydrogen (secondary N) is 1. The molecule has 3 N–H and O–H groups in total. The van der Waals surface area contributed by atoms with Crippen LogP contribution in [0.15, 0.2) is 48.5 Å². The minimum atomic E-state index is -0.348. The molecule has 0 radical (unpaired) electrons. The Balaban J connectivity index is 1.69. The molecule has 1 aliphatic rings. The number of para-hydroxylation sites is 1. The average Bonchev–Trinajstić information content (AvgIpc) is 3.18. The van der Waals surface area contributed by atoms with E-state index >= 15 is 0 Å². The summed E-state index contributed by atoms with van der Waals surface area (Å²) in [6, 6.07) is 15.5. The van der Waals surface area contributed by atoms with Crippen LogP contribution in [0.4, 0.5) is 11.5 Å². The third-order valence-corrected chi connectivity index (χ3v) is 4.97. The fraction of sp³-hybridized carbons (Fsp3) is 0.227. The number of carbonyl (C=O) groups is 1. The van der Waals surface area contributed by atoms with E-state index in [0.29, 0.717) is 0 Å². The first-order valence-electron chi connectivity index (χ1n) is 9.32. The maximum atomic E-state index is 11.2. The van der Waals surface area contributed by atoms with E-state index in [1.165, 1.54) is 11.1 Å². The molecule has 0 atom stereocenters. The number of benzene rings is 2. The molecule has 4 rings (SSSR count). The summed E-state index contributed by atoms with van der Waals surface area (Å²) in [4.78, 5) is 11.2. The van der Waals surface area contributed by atoms with Gasteiger partial charge in [0.05, 0.1) is 13.5 Å². The van der Waals surface area contributed by atoms with Gasteiger partial charge >= 0.3 is 0 Å². The van der Waals surface area contributed by atoms with E-state index in [0.717, 1.165) is 53.3 Å². The highest BCUT2D eigenvalue weighted by Gasteiger charge is 2.23. The van der Waals surface area contributed by atoms with Crippen LogP contribution in [0.3, 0.4) is 0 Å². The lowest BCUT2D eigenvalue weighted by atomic mass is 10.0. The number of carbonyl (C=O) groups excluding carboxylic acids is 1. The molecule has 142 valence electrons. The minimum Gasteiger partial charge on any atom is -0.496 e. The molecule has 1 heterocycles. The zero-order valence-electron chi connectivity index (χ0n) is 15.7. The predicted octanol–water partition coefficient (Wildman–Crippen LogP) is 3.41. The van der Waals surface area contributed by atoms with Crippen LogP contribution >= 0.6 is 0 Å². The van der Waals surface area contributed by atoms with Crippen LogP contribution < -0.4 is 15.8 Å². The molecule has 0 saturated heterocycles. The number of primary amides is 1. The number of rotatable bonds is 6. The highest BCUT2D eigenvalue weighted by Crippen LogP contribution is 2.38. The van der Waals surface area contributed by atoms with Crippen molar-refractivity contribution in [1.82, 2.24) is 10.2 Å². The van der Waals surface area contributed by atoms with E-state index < -0.39 is 0 Å². The van der Waals surface area contributed by atoms with Gasteiger partial charge in [0.2, 0.25) is 5.91 Å². The molecule has 0 fully saturated rings. The van der Waals surface area contributed by atoms with Gasteiger partial charge < -0.3 is 15.8 Å². The normalized spacial score (nSPS) is 12.5. The molecule has 1 amide bonds. The summed E-state index contributed by atoms with van der Waals surface area (Å²) in [7, 11) is 1.67. The van der Waals surface area contributed by atoms with Crippen molar-refractivity contribution in [3.05, 3.63) is 65.2 Å². The van der Waals surface area contributed by atoms with E-state index in [-0.39, 0.29) is 12.3 Å². The fourth-order valence-corrected chi connectivity index (χ4v) is 3.74. The summed E-state index contributed by atoms with van der Waals surface area (Å²) in [5.74, 6) is 1.21. The molecule has 2 aromatic carbocycles. The summed E-state index contributed by atoms with van der Waals surface area (Å²) in [5.41, 5.74) is 11.3. The Labute approximate surface area is 163 Å². The molecule has 6 nitrogen and oxygen atoms in total. The number of aromatic nitrogens is 2. The second kappa shape index (κ2) is 7.68. The number of hydrogen-bond donors (Lipinski definition) is 2. The lowest BCUT2D eigenvalue weighted by Gasteiger charge is -2.14. The Morgan fingerprint density at radius 2 is 1.93 bits per heavy atom. The fourth-order valence-electron chi connectivity index (χ4n) is 3.74. The van der Waals surface area contributed by atoms with Gasteiger partial charge in [-0.2, -0.15) is 0 Å². The molecular formula is C22H22N4O2. The summed E-state index contributed by atoms with van der Waals surface area (Å²) in [6.45, 7) is 0. The number of anilines is 2. The van der Waals surface area contributed by atoms with Crippen LogP contribution in [0, 0.1) is 0 Å². The highest BCUT2D eigenvalue weighted by molar-refractivity contribution is 5.77. The van der Waals surface area contributed by atoms with Crippen molar-refractivity contribution in [2.75, 3.05) is 12.4 Å². The van der Waals surface area contributed by atoms with Gasteiger partial charge in [-0.15, -0.1) is 10.2 Å². The van der Waals surface area contributed by atoms with Crippen molar-refractivity contribution in [2.24, 2.45) is 5.73 Å². The molecule has 3 aromatic rings. The van der Waals surface area contributed by atoms with Crippen LogP contribution in [-0.4, -0.2) is 23.2 Å². The zero-order chi connectivity index (χ0) is 19.5. The minimum absolute atomic E-state index is 0.214. The number of ether oxygens (including phenoxy) is 1. The molecule has 0 saturated carbocycles. The second-order valence-corrected chi connectivity index (χ2v) is 6.88. The van der Waals surface area contributed by atoms with Crippen molar-refractivity contribution in [1.29, 1.82) is 0 Å². The Kier molecular flexibility index (Phi) is 4.93. The van der Waals surface area contributed by atoms with Gasteiger partial charge in [0.25, 0.3) is 0 Å². The van der Waals surface area contributed by atoms with Gasteiger partial charge in [-0.05, 0) is 54.7 Å². The third kappa shape index (κ3) is 3.53. The molecule has 1 aliphatic carbocycles. The summed E-state index contributed by atoms with van der Waals surface area (Å²) in [5, 5.41) is 12.4. The number of methoxy groups -OCH3 is 1. The van der Waals surface area contributed by atoms with E-state index in [2.05, 4.69) is 15.5 Å². The predicted molar refractivity (Wildman–Crippen MR) is 109 cm³/mol. The SMILES string of the molecule is COc1ccccc1-c1nnc(Nc2cccc(CC(N)=O)c2)c2c1CCC2. The van der Waals surface area contributed by atoms with Crippen LogP contribution in [0.1, 0.15) is 23.1 Å². The van der Waals surface area contributed by atoms with Crippen molar-refractivity contribution >= 4 is 17.4 Å². The molecule has 1 aromatic heterocycles. The number of nitrogens with zero attached hydrogens (tertiary/aromatic N) is 2. The van der Waals surface area contributed by atoms with Crippen molar-refractivity contribution < 1.29 is 9.53 Å². The lowest BCUT2D eigenvalue weighted by Crippen LogP contribution is -2.13. The first kappa shape index (κ1) is 18.0. The Bertz CT molecular complexity index is 1030. The van der Waals surface area contributed by atoms with Gasteiger partial charge in [-0.1, -0.05) is 24.3 Å². The van der Waals surface area contributed by atoms with Crippen molar-refractivity contribution in [3.8, 4) is 17.0 Å². The Morgan fingerprint density at radius 1 is 1.11 bits per heavy atom. The lowest BCUT2D eigenvalue weighted by molar-refractivity contribution is -0.117.